The van der Waals surface area contributed by atoms with Gasteiger partial charge in [-0.25, -0.2) is 0 Å². The van der Waals surface area contributed by atoms with E-state index in [4.69, 9.17) is 0 Å². The lowest BCUT2D eigenvalue weighted by Crippen LogP contribution is -3.00. The van der Waals surface area contributed by atoms with Crippen LogP contribution in [0.4, 0.5) is 0 Å². The molecule has 0 aromatic rings. The van der Waals surface area contributed by atoms with E-state index in [9.17, 15) is 0 Å². The Labute approximate surface area is 94.1 Å². The standard InChI is InChI=1S/C10H22N.HI/c1-3-4-5-8-11(2)9-6-7-10-11;/h3-10H2,1-2H3;1H/q+1;/p-1. The molecular weight excluding hydrogens is 261 g/mol. The number of unbranched alkanes of at least 4 members (excludes halogenated alkanes) is 2. The Kier molecular flexibility index (Phi) is 6.55. The first kappa shape index (κ1) is 12.7. The normalized spacial score (nSPS) is 20.5. The second-order valence-corrected chi connectivity index (χ2v) is 4.20. The lowest BCUT2D eigenvalue weighted by atomic mass is 10.2. The van der Waals surface area contributed by atoms with E-state index in [1.54, 1.807) is 0 Å². The molecule has 0 N–H and O–H groups in total. The second-order valence-electron chi connectivity index (χ2n) is 4.20. The molecule has 12 heavy (non-hydrogen) atoms. The number of halogens is 1. The number of nitrogens with zero attached hydrogens (tertiary/aromatic N) is 1. The van der Waals surface area contributed by atoms with Gasteiger partial charge in [-0.3, -0.25) is 0 Å². The zero-order valence-electron chi connectivity index (χ0n) is 8.48. The van der Waals surface area contributed by atoms with Gasteiger partial charge in [-0.15, -0.1) is 0 Å². The van der Waals surface area contributed by atoms with Gasteiger partial charge in [0, 0.05) is 12.8 Å². The van der Waals surface area contributed by atoms with Crippen LogP contribution in [0.2, 0.25) is 0 Å². The monoisotopic (exact) mass is 283 g/mol. The van der Waals surface area contributed by atoms with Gasteiger partial charge in [-0.2, -0.15) is 0 Å². The minimum absolute atomic E-state index is 0. The summed E-state index contributed by atoms with van der Waals surface area (Å²) in [6.07, 6.45) is 7.14. The maximum Gasteiger partial charge on any atom is 0.0786 e. The summed E-state index contributed by atoms with van der Waals surface area (Å²) in [6.45, 7) is 6.57. The van der Waals surface area contributed by atoms with Crippen LogP contribution >= 0.6 is 0 Å². The topological polar surface area (TPSA) is 0 Å². The van der Waals surface area contributed by atoms with Crippen molar-refractivity contribution < 1.29 is 28.5 Å². The summed E-state index contributed by atoms with van der Waals surface area (Å²) >= 11 is 0. The highest BCUT2D eigenvalue weighted by Gasteiger charge is 2.25. The maximum absolute atomic E-state index is 2.42. The zero-order chi connectivity index (χ0) is 8.16. The van der Waals surface area contributed by atoms with Crippen molar-refractivity contribution in [3.8, 4) is 0 Å². The molecular formula is C10H22IN. The molecule has 74 valence electrons. The first-order chi connectivity index (χ1) is 5.27. The molecule has 0 amide bonds. The van der Waals surface area contributed by atoms with Gasteiger partial charge >= 0.3 is 0 Å². The largest absolute Gasteiger partial charge is 1.00 e. The van der Waals surface area contributed by atoms with Gasteiger partial charge < -0.3 is 28.5 Å². The molecule has 1 aliphatic heterocycles. The Bertz CT molecular complexity index is 108. The van der Waals surface area contributed by atoms with Gasteiger partial charge in [-0.1, -0.05) is 13.3 Å². The van der Waals surface area contributed by atoms with Crippen LogP contribution in [0.15, 0.2) is 0 Å². The third kappa shape index (κ3) is 4.08. The fraction of sp³-hybridized carbons (Fsp3) is 1.00. The average molecular weight is 283 g/mol. The molecule has 1 saturated heterocycles. The highest BCUT2D eigenvalue weighted by atomic mass is 127. The van der Waals surface area contributed by atoms with Gasteiger partial charge in [0.25, 0.3) is 0 Å². The van der Waals surface area contributed by atoms with Crippen molar-refractivity contribution in [2.24, 2.45) is 0 Å². The Hall–Kier alpha value is 0.690. The number of quaternary nitrogens is 1. The molecule has 0 aromatic carbocycles. The lowest BCUT2D eigenvalue weighted by molar-refractivity contribution is -0.897. The summed E-state index contributed by atoms with van der Waals surface area (Å²) in [6, 6.07) is 0. The first-order valence-corrected chi connectivity index (χ1v) is 5.10. The Morgan fingerprint density at radius 3 is 2.17 bits per heavy atom. The predicted octanol–water partition coefficient (Wildman–Crippen LogP) is -0.579. The molecule has 0 radical (unpaired) electrons. The number of rotatable bonds is 4. The van der Waals surface area contributed by atoms with Crippen molar-refractivity contribution in [2.45, 2.75) is 39.0 Å². The van der Waals surface area contributed by atoms with Crippen LogP contribution in [-0.2, 0) is 0 Å². The third-order valence-electron chi connectivity index (χ3n) is 2.95. The molecule has 1 fully saturated rings. The van der Waals surface area contributed by atoms with Crippen LogP contribution < -0.4 is 24.0 Å². The number of likely N-dealkylation sites (tertiary alicyclic amines) is 1. The molecule has 0 spiro atoms. The van der Waals surface area contributed by atoms with Crippen molar-refractivity contribution >= 4 is 0 Å². The summed E-state index contributed by atoms with van der Waals surface area (Å²) in [7, 11) is 2.42. The Balaban J connectivity index is 0.00000121. The van der Waals surface area contributed by atoms with E-state index in [0.29, 0.717) is 0 Å². The van der Waals surface area contributed by atoms with Crippen LogP contribution in [0.1, 0.15) is 39.0 Å². The van der Waals surface area contributed by atoms with Crippen LogP contribution in [0.25, 0.3) is 0 Å². The van der Waals surface area contributed by atoms with Crippen LogP contribution in [0.5, 0.6) is 0 Å². The van der Waals surface area contributed by atoms with Gasteiger partial charge in [-0.05, 0) is 12.8 Å². The van der Waals surface area contributed by atoms with Crippen LogP contribution in [-0.4, -0.2) is 31.2 Å². The predicted molar refractivity (Wildman–Crippen MR) is 49.5 cm³/mol. The first-order valence-electron chi connectivity index (χ1n) is 5.10. The summed E-state index contributed by atoms with van der Waals surface area (Å²) in [5, 5.41) is 0. The van der Waals surface area contributed by atoms with E-state index in [1.807, 2.05) is 0 Å². The van der Waals surface area contributed by atoms with E-state index < -0.39 is 0 Å². The van der Waals surface area contributed by atoms with E-state index in [0.717, 1.165) is 0 Å². The molecule has 0 aromatic heterocycles. The molecule has 0 unspecified atom stereocenters. The van der Waals surface area contributed by atoms with Crippen molar-refractivity contribution in [3.05, 3.63) is 0 Å². The van der Waals surface area contributed by atoms with Crippen LogP contribution in [0.3, 0.4) is 0 Å². The Morgan fingerprint density at radius 1 is 1.08 bits per heavy atom. The summed E-state index contributed by atoms with van der Waals surface area (Å²) in [4.78, 5) is 0. The fourth-order valence-corrected chi connectivity index (χ4v) is 2.07. The SMILES string of the molecule is CCCCC[N+]1(C)CCCC1.[I-]. The summed E-state index contributed by atoms with van der Waals surface area (Å²) in [5.41, 5.74) is 0. The second kappa shape index (κ2) is 6.19. The minimum atomic E-state index is 0. The highest BCUT2D eigenvalue weighted by molar-refractivity contribution is 4.51. The van der Waals surface area contributed by atoms with Gasteiger partial charge in [0.1, 0.15) is 0 Å². The number of hydrogen-bond acceptors (Lipinski definition) is 0. The molecule has 0 bridgehead atoms. The fourth-order valence-electron chi connectivity index (χ4n) is 2.07. The molecule has 1 nitrogen and oxygen atoms in total. The van der Waals surface area contributed by atoms with E-state index in [2.05, 4.69) is 14.0 Å². The van der Waals surface area contributed by atoms with Crippen molar-refractivity contribution in [3.63, 3.8) is 0 Å². The molecule has 0 atom stereocenters. The summed E-state index contributed by atoms with van der Waals surface area (Å²) in [5.74, 6) is 0. The van der Waals surface area contributed by atoms with Crippen molar-refractivity contribution in [1.82, 2.24) is 0 Å². The maximum atomic E-state index is 2.42. The minimum Gasteiger partial charge on any atom is -1.00 e. The smallest absolute Gasteiger partial charge is 0.0786 e. The molecule has 1 aliphatic rings. The molecule has 1 rings (SSSR count). The summed E-state index contributed by atoms with van der Waals surface area (Å²) < 4.78 is 1.36. The average Bonchev–Trinajstić information content (AvgIpc) is 2.38. The molecule has 2 heteroatoms. The van der Waals surface area contributed by atoms with Gasteiger partial charge in [0.15, 0.2) is 0 Å². The van der Waals surface area contributed by atoms with E-state index in [-0.39, 0.29) is 24.0 Å². The zero-order valence-corrected chi connectivity index (χ0v) is 10.6. The van der Waals surface area contributed by atoms with Crippen LogP contribution in [0, 0.1) is 0 Å². The molecule has 1 heterocycles. The lowest BCUT2D eigenvalue weighted by Gasteiger charge is -2.28. The number of hydrogen-bond donors (Lipinski definition) is 0. The molecule has 0 aliphatic carbocycles. The van der Waals surface area contributed by atoms with E-state index >= 15 is 0 Å². The van der Waals surface area contributed by atoms with Gasteiger partial charge in [0.05, 0.1) is 26.7 Å². The molecule has 0 saturated carbocycles. The van der Waals surface area contributed by atoms with Gasteiger partial charge in [0.2, 0.25) is 0 Å². The Morgan fingerprint density at radius 2 is 1.67 bits per heavy atom. The van der Waals surface area contributed by atoms with Crippen molar-refractivity contribution in [2.75, 3.05) is 26.7 Å². The van der Waals surface area contributed by atoms with E-state index in [1.165, 1.54) is 56.2 Å². The highest BCUT2D eigenvalue weighted by Crippen LogP contribution is 2.17. The van der Waals surface area contributed by atoms with Crippen molar-refractivity contribution in [1.29, 1.82) is 0 Å². The third-order valence-corrected chi connectivity index (χ3v) is 2.95. The quantitative estimate of drug-likeness (QED) is 0.368.